The van der Waals surface area contributed by atoms with Crippen LogP contribution in [0.15, 0.2) is 0 Å². The SMILES string of the molecule is COC(=O)CCC(C)C1CCC2C3C(OC(C)=O)CC4CC(=O)CCC4(C)C3CC(OC(C)=O)C12C. The highest BCUT2D eigenvalue weighted by Crippen LogP contribution is 2.69. The van der Waals surface area contributed by atoms with Crippen LogP contribution in [0.1, 0.15) is 92.4 Å². The molecule has 4 rings (SSSR count). The van der Waals surface area contributed by atoms with Gasteiger partial charge in [0.25, 0.3) is 0 Å². The van der Waals surface area contributed by atoms with Crippen LogP contribution in [0.5, 0.6) is 0 Å². The number of hydrogen-bond acceptors (Lipinski definition) is 7. The van der Waals surface area contributed by atoms with Gasteiger partial charge in [-0.25, -0.2) is 0 Å². The van der Waals surface area contributed by atoms with E-state index in [-0.39, 0.29) is 76.5 Å². The molecule has 0 N–H and O–H groups in total. The van der Waals surface area contributed by atoms with Gasteiger partial charge in [0.15, 0.2) is 0 Å². The van der Waals surface area contributed by atoms with E-state index in [0.717, 1.165) is 38.5 Å². The van der Waals surface area contributed by atoms with Crippen LogP contribution < -0.4 is 0 Å². The van der Waals surface area contributed by atoms with Crippen molar-refractivity contribution in [1.29, 1.82) is 0 Å². The molecule has 0 bridgehead atoms. The van der Waals surface area contributed by atoms with E-state index in [0.29, 0.717) is 25.0 Å². The molecule has 4 aliphatic rings. The van der Waals surface area contributed by atoms with E-state index >= 15 is 0 Å². The molecule has 10 unspecified atom stereocenters. The zero-order chi connectivity index (χ0) is 26.4. The first-order valence-electron chi connectivity index (χ1n) is 13.8. The molecule has 0 saturated heterocycles. The maximum atomic E-state index is 12.4. The molecule has 0 heterocycles. The Bertz CT molecular complexity index is 898. The highest BCUT2D eigenvalue weighted by Gasteiger charge is 2.67. The average molecular weight is 505 g/mol. The molecule has 0 aromatic carbocycles. The fourth-order valence-corrected chi connectivity index (χ4v) is 9.25. The number of carbonyl (C=O) groups is 4. The number of hydrogen-bond donors (Lipinski definition) is 0. The summed E-state index contributed by atoms with van der Waals surface area (Å²) in [5.41, 5.74) is -0.308. The van der Waals surface area contributed by atoms with Crippen molar-refractivity contribution in [2.45, 2.75) is 105 Å². The zero-order valence-corrected chi connectivity index (χ0v) is 22.8. The number of rotatable bonds is 6. The van der Waals surface area contributed by atoms with Crippen LogP contribution in [0.25, 0.3) is 0 Å². The second kappa shape index (κ2) is 10.1. The third-order valence-corrected chi connectivity index (χ3v) is 11.0. The molecule has 0 amide bonds. The molecule has 202 valence electrons. The first-order valence-corrected chi connectivity index (χ1v) is 13.8. The number of methoxy groups -OCH3 is 1. The summed E-state index contributed by atoms with van der Waals surface area (Å²) in [6.45, 7) is 9.76. The van der Waals surface area contributed by atoms with Crippen LogP contribution >= 0.6 is 0 Å². The molecule has 36 heavy (non-hydrogen) atoms. The number of esters is 3. The second-order valence-electron chi connectivity index (χ2n) is 12.6. The average Bonchev–Trinajstić information content (AvgIpc) is 3.16. The third-order valence-electron chi connectivity index (χ3n) is 11.0. The van der Waals surface area contributed by atoms with Gasteiger partial charge in [-0.05, 0) is 73.5 Å². The van der Waals surface area contributed by atoms with Crippen molar-refractivity contribution in [2.75, 3.05) is 7.11 Å². The first kappa shape index (κ1) is 27.1. The van der Waals surface area contributed by atoms with Gasteiger partial charge in [-0.15, -0.1) is 0 Å². The molecule has 0 aromatic rings. The smallest absolute Gasteiger partial charge is 0.305 e. The van der Waals surface area contributed by atoms with Crippen molar-refractivity contribution < 1.29 is 33.4 Å². The summed E-state index contributed by atoms with van der Waals surface area (Å²) >= 11 is 0. The largest absolute Gasteiger partial charge is 0.469 e. The Morgan fingerprint density at radius 2 is 1.72 bits per heavy atom. The second-order valence-corrected chi connectivity index (χ2v) is 12.6. The zero-order valence-electron chi connectivity index (χ0n) is 22.8. The van der Waals surface area contributed by atoms with Crippen LogP contribution in [-0.2, 0) is 33.4 Å². The summed E-state index contributed by atoms with van der Waals surface area (Å²) in [7, 11) is 1.42. The van der Waals surface area contributed by atoms with Crippen molar-refractivity contribution in [3.05, 3.63) is 0 Å². The number of ether oxygens (including phenoxy) is 3. The lowest BCUT2D eigenvalue weighted by Gasteiger charge is -2.63. The van der Waals surface area contributed by atoms with Crippen molar-refractivity contribution in [1.82, 2.24) is 0 Å². The topological polar surface area (TPSA) is 96.0 Å². The van der Waals surface area contributed by atoms with Gasteiger partial charge in [0.1, 0.15) is 18.0 Å². The standard InChI is InChI=1S/C29H44O7/c1-16(7-10-26(33)34-6)21-8-9-22-27-23(15-25(29(21,22)5)36-18(3)31)28(4)12-11-20(32)13-19(28)14-24(27)35-17(2)30/h16,19,21-25,27H,7-15H2,1-6H3. The van der Waals surface area contributed by atoms with E-state index in [1.807, 2.05) is 0 Å². The normalized spacial score (nSPS) is 42.4. The Hall–Kier alpha value is -1.92. The number of fused-ring (bicyclic) bond motifs is 5. The Labute approximate surface area is 215 Å². The maximum absolute atomic E-state index is 12.4. The quantitative estimate of drug-likeness (QED) is 0.375. The minimum Gasteiger partial charge on any atom is -0.469 e. The number of ketones is 1. The Balaban J connectivity index is 1.72. The van der Waals surface area contributed by atoms with Gasteiger partial charge in [-0.3, -0.25) is 19.2 Å². The molecular formula is C29H44O7. The summed E-state index contributed by atoms with van der Waals surface area (Å²) in [6, 6.07) is 0. The fraction of sp³-hybridized carbons (Fsp3) is 0.862. The van der Waals surface area contributed by atoms with E-state index in [1.54, 1.807) is 0 Å². The first-order chi connectivity index (χ1) is 16.9. The third kappa shape index (κ3) is 4.60. The predicted octanol–water partition coefficient (Wildman–Crippen LogP) is 4.89. The van der Waals surface area contributed by atoms with Gasteiger partial charge >= 0.3 is 17.9 Å². The lowest BCUT2D eigenvalue weighted by atomic mass is 9.43. The molecule has 0 aromatic heterocycles. The summed E-state index contributed by atoms with van der Waals surface area (Å²) in [4.78, 5) is 48.9. The van der Waals surface area contributed by atoms with E-state index < -0.39 is 0 Å². The summed E-state index contributed by atoms with van der Waals surface area (Å²) < 4.78 is 17.0. The van der Waals surface area contributed by atoms with Gasteiger partial charge in [0, 0.05) is 44.4 Å². The number of carbonyl (C=O) groups excluding carboxylic acids is 4. The molecule has 4 saturated carbocycles. The molecule has 0 spiro atoms. The maximum Gasteiger partial charge on any atom is 0.305 e. The van der Waals surface area contributed by atoms with Crippen molar-refractivity contribution in [3.63, 3.8) is 0 Å². The Kier molecular flexibility index (Phi) is 7.60. The lowest BCUT2D eigenvalue weighted by Crippen LogP contribution is -2.63. The van der Waals surface area contributed by atoms with Gasteiger partial charge < -0.3 is 14.2 Å². The number of Topliss-reactive ketones (excluding diaryl/α,β-unsaturated/α-hetero) is 1. The van der Waals surface area contributed by atoms with Crippen LogP contribution in [0.2, 0.25) is 0 Å². The molecule has 4 aliphatic carbocycles. The van der Waals surface area contributed by atoms with Crippen LogP contribution in [0.4, 0.5) is 0 Å². The van der Waals surface area contributed by atoms with Crippen molar-refractivity contribution in [3.8, 4) is 0 Å². The highest BCUT2D eigenvalue weighted by molar-refractivity contribution is 5.79. The van der Waals surface area contributed by atoms with E-state index in [2.05, 4.69) is 20.8 Å². The van der Waals surface area contributed by atoms with Gasteiger partial charge in [0.05, 0.1) is 7.11 Å². The molecule has 7 nitrogen and oxygen atoms in total. The predicted molar refractivity (Wildman–Crippen MR) is 133 cm³/mol. The Morgan fingerprint density at radius 3 is 2.36 bits per heavy atom. The molecular weight excluding hydrogens is 460 g/mol. The van der Waals surface area contributed by atoms with E-state index in [4.69, 9.17) is 14.2 Å². The van der Waals surface area contributed by atoms with Crippen LogP contribution in [-0.4, -0.2) is 43.0 Å². The molecule has 7 heteroatoms. The summed E-state index contributed by atoms with van der Waals surface area (Å²) in [5.74, 6) is 0.944. The van der Waals surface area contributed by atoms with Crippen LogP contribution in [0.3, 0.4) is 0 Å². The summed E-state index contributed by atoms with van der Waals surface area (Å²) in [5, 5.41) is 0. The molecule has 4 fully saturated rings. The van der Waals surface area contributed by atoms with Crippen molar-refractivity contribution in [2.24, 2.45) is 46.3 Å². The van der Waals surface area contributed by atoms with E-state index in [1.165, 1.54) is 21.0 Å². The Morgan fingerprint density at radius 1 is 1.03 bits per heavy atom. The molecule has 10 atom stereocenters. The van der Waals surface area contributed by atoms with Gasteiger partial charge in [-0.1, -0.05) is 20.8 Å². The highest BCUT2D eigenvalue weighted by atomic mass is 16.5. The minimum absolute atomic E-state index is 0.0382. The van der Waals surface area contributed by atoms with Crippen LogP contribution in [0, 0.1) is 46.3 Å². The summed E-state index contributed by atoms with van der Waals surface area (Å²) in [6.07, 6.45) is 6.09. The lowest BCUT2D eigenvalue weighted by molar-refractivity contribution is -0.219. The minimum atomic E-state index is -0.269. The van der Waals surface area contributed by atoms with Gasteiger partial charge in [0.2, 0.25) is 0 Å². The van der Waals surface area contributed by atoms with E-state index in [9.17, 15) is 19.2 Å². The van der Waals surface area contributed by atoms with Gasteiger partial charge in [-0.2, -0.15) is 0 Å². The van der Waals surface area contributed by atoms with Crippen molar-refractivity contribution >= 4 is 23.7 Å². The monoisotopic (exact) mass is 504 g/mol. The molecule has 0 aliphatic heterocycles. The molecule has 0 radical (unpaired) electrons. The fourth-order valence-electron chi connectivity index (χ4n) is 9.25.